The molecule has 2 N–H and O–H groups in total. The molecule has 6 nitrogen and oxygen atoms in total. The standard InChI is InChI=1S/C14H19NO5S/c1-10(2)15(7-4-8-21(18,19)20)13-6-5-12(14(16)17)9-11(13)3/h5-6,9H,4,7-8H2,1-3H3,(H-,16,17,18,19,20)/p+1. The van der Waals surface area contributed by atoms with E-state index < -0.39 is 16.1 Å². The van der Waals surface area contributed by atoms with Crippen molar-refractivity contribution in [1.82, 2.24) is 0 Å². The van der Waals surface area contributed by atoms with Crippen molar-refractivity contribution in [3.05, 3.63) is 29.3 Å². The lowest BCUT2D eigenvalue weighted by atomic mass is 10.1. The average Bonchev–Trinajstić information content (AvgIpc) is 2.33. The molecule has 0 unspecified atom stereocenters. The molecule has 21 heavy (non-hydrogen) atoms. The summed E-state index contributed by atoms with van der Waals surface area (Å²) >= 11 is 0. The van der Waals surface area contributed by atoms with Crippen LogP contribution in [0.3, 0.4) is 0 Å². The highest BCUT2D eigenvalue weighted by atomic mass is 32.2. The predicted molar refractivity (Wildman–Crippen MR) is 80.3 cm³/mol. The first-order valence-corrected chi connectivity index (χ1v) is 8.09. The Kier molecular flexibility index (Phi) is 5.62. The van der Waals surface area contributed by atoms with Crippen molar-refractivity contribution < 1.29 is 27.4 Å². The molecule has 0 aromatic heterocycles. The zero-order chi connectivity index (χ0) is 16.2. The molecule has 0 amide bonds. The van der Waals surface area contributed by atoms with Gasteiger partial charge in [0.25, 0.3) is 10.1 Å². The summed E-state index contributed by atoms with van der Waals surface area (Å²) in [6, 6.07) is 4.80. The second kappa shape index (κ2) is 6.82. The van der Waals surface area contributed by atoms with Gasteiger partial charge >= 0.3 is 5.97 Å². The summed E-state index contributed by atoms with van der Waals surface area (Å²) in [5.74, 6) is -1.29. The molecule has 0 fully saturated rings. The molecule has 0 radical (unpaired) electrons. The first kappa shape index (κ1) is 17.3. The third-order valence-corrected chi connectivity index (χ3v) is 3.86. The van der Waals surface area contributed by atoms with Crippen molar-refractivity contribution >= 4 is 27.5 Å². The lowest BCUT2D eigenvalue weighted by molar-refractivity contribution is -0.442. The van der Waals surface area contributed by atoms with Gasteiger partial charge < -0.3 is 5.11 Å². The van der Waals surface area contributed by atoms with Gasteiger partial charge in [0, 0.05) is 31.9 Å². The number of nitrogens with zero attached hydrogens (tertiary/aromatic N) is 1. The van der Waals surface area contributed by atoms with Crippen LogP contribution >= 0.6 is 0 Å². The molecule has 0 aliphatic heterocycles. The van der Waals surface area contributed by atoms with E-state index in [2.05, 4.69) is 0 Å². The Bertz CT molecular complexity index is 673. The monoisotopic (exact) mass is 314 g/mol. The summed E-state index contributed by atoms with van der Waals surface area (Å²) in [5, 5.41) is 8.97. The molecule has 1 rings (SSSR count). The zero-order valence-electron chi connectivity index (χ0n) is 12.3. The predicted octanol–water partition coefficient (Wildman–Crippen LogP) is 2.10. The largest absolute Gasteiger partial charge is 0.478 e. The number of hydrogen-bond acceptors (Lipinski definition) is 3. The average molecular weight is 314 g/mol. The first-order valence-electron chi connectivity index (χ1n) is 6.48. The minimum atomic E-state index is -3.97. The normalized spacial score (nSPS) is 11.2. The maximum absolute atomic E-state index is 10.9. The van der Waals surface area contributed by atoms with Crippen LogP contribution in [0.25, 0.3) is 0 Å². The van der Waals surface area contributed by atoms with Gasteiger partial charge in [-0.05, 0) is 19.1 Å². The number of rotatable bonds is 6. The Morgan fingerprint density at radius 2 is 1.90 bits per heavy atom. The van der Waals surface area contributed by atoms with E-state index in [-0.39, 0.29) is 17.7 Å². The van der Waals surface area contributed by atoms with Crippen LogP contribution in [0.15, 0.2) is 18.2 Å². The highest BCUT2D eigenvalue weighted by Crippen LogP contribution is 2.20. The number of benzene rings is 1. The van der Waals surface area contributed by atoms with E-state index in [1.54, 1.807) is 19.1 Å². The van der Waals surface area contributed by atoms with E-state index in [9.17, 15) is 13.2 Å². The molecule has 0 spiro atoms. The molecule has 0 bridgehead atoms. The Hall–Kier alpha value is -1.73. The Balaban J connectivity index is 3.03. The van der Waals surface area contributed by atoms with Crippen LogP contribution in [0, 0.1) is 6.92 Å². The van der Waals surface area contributed by atoms with Crippen LogP contribution in [-0.4, -0.2) is 46.6 Å². The Labute approximate surface area is 124 Å². The lowest BCUT2D eigenvalue weighted by Crippen LogP contribution is -2.18. The maximum atomic E-state index is 10.9. The van der Waals surface area contributed by atoms with Crippen molar-refractivity contribution in [2.45, 2.75) is 27.2 Å². The number of hydrogen-bond donors (Lipinski definition) is 2. The van der Waals surface area contributed by atoms with Crippen LogP contribution in [0.2, 0.25) is 0 Å². The first-order chi connectivity index (χ1) is 9.61. The molecule has 1 aromatic carbocycles. The third kappa shape index (κ3) is 5.28. The van der Waals surface area contributed by atoms with E-state index in [4.69, 9.17) is 9.66 Å². The van der Waals surface area contributed by atoms with Crippen molar-refractivity contribution in [3.8, 4) is 0 Å². The molecule has 0 heterocycles. The summed E-state index contributed by atoms with van der Waals surface area (Å²) in [6.07, 6.45) is 0.282. The molecule has 0 saturated heterocycles. The molecule has 0 saturated carbocycles. The van der Waals surface area contributed by atoms with Crippen LogP contribution < -0.4 is 0 Å². The van der Waals surface area contributed by atoms with Gasteiger partial charge in [-0.15, -0.1) is 0 Å². The summed E-state index contributed by atoms with van der Waals surface area (Å²) in [5.41, 5.74) is 2.79. The molecule has 0 aliphatic rings. The molecule has 7 heteroatoms. The molecular formula is C14H20NO5S+. The van der Waals surface area contributed by atoms with E-state index in [0.717, 1.165) is 17.0 Å². The van der Waals surface area contributed by atoms with Gasteiger partial charge in [-0.25, -0.2) is 9.37 Å². The van der Waals surface area contributed by atoms with Crippen molar-refractivity contribution in [2.24, 2.45) is 0 Å². The number of carboxylic acids is 1. The van der Waals surface area contributed by atoms with Gasteiger partial charge in [-0.2, -0.15) is 8.42 Å². The van der Waals surface area contributed by atoms with Gasteiger partial charge in [-0.3, -0.25) is 4.55 Å². The van der Waals surface area contributed by atoms with Crippen LogP contribution in [0.1, 0.15) is 36.2 Å². The van der Waals surface area contributed by atoms with Gasteiger partial charge in [0.1, 0.15) is 6.54 Å². The molecule has 1 aromatic rings. The van der Waals surface area contributed by atoms with Crippen molar-refractivity contribution in [2.75, 3.05) is 12.3 Å². The molecule has 0 aliphatic carbocycles. The zero-order valence-corrected chi connectivity index (χ0v) is 13.1. The van der Waals surface area contributed by atoms with E-state index >= 15 is 0 Å². The number of aryl methyl sites for hydroxylation is 1. The van der Waals surface area contributed by atoms with Crippen molar-refractivity contribution in [1.29, 1.82) is 0 Å². The van der Waals surface area contributed by atoms with Crippen molar-refractivity contribution in [3.63, 3.8) is 0 Å². The Morgan fingerprint density at radius 3 is 2.33 bits per heavy atom. The molecule has 116 valence electrons. The second-order valence-electron chi connectivity index (χ2n) is 5.04. The smallest absolute Gasteiger partial charge is 0.335 e. The van der Waals surface area contributed by atoms with Crippen LogP contribution in [0.5, 0.6) is 0 Å². The Morgan fingerprint density at radius 1 is 1.29 bits per heavy atom. The summed E-state index contributed by atoms with van der Waals surface area (Å²) in [4.78, 5) is 10.9. The highest BCUT2D eigenvalue weighted by Gasteiger charge is 2.17. The van der Waals surface area contributed by atoms with Crippen LogP contribution in [-0.2, 0) is 10.1 Å². The topological polar surface area (TPSA) is 94.7 Å². The third-order valence-electron chi connectivity index (χ3n) is 3.06. The number of carbonyl (C=O) groups is 1. The fourth-order valence-electron chi connectivity index (χ4n) is 2.08. The minimum absolute atomic E-state index is 0.211. The van der Waals surface area contributed by atoms with E-state index in [1.807, 2.05) is 18.4 Å². The van der Waals surface area contributed by atoms with Gasteiger partial charge in [0.2, 0.25) is 5.69 Å². The maximum Gasteiger partial charge on any atom is 0.335 e. The van der Waals surface area contributed by atoms with E-state index in [1.165, 1.54) is 6.07 Å². The van der Waals surface area contributed by atoms with E-state index in [0.29, 0.717) is 6.54 Å². The van der Waals surface area contributed by atoms with Gasteiger partial charge in [0.15, 0.2) is 5.71 Å². The molecule has 0 atom stereocenters. The van der Waals surface area contributed by atoms with Gasteiger partial charge in [-0.1, -0.05) is 0 Å². The second-order valence-corrected chi connectivity index (χ2v) is 6.62. The van der Waals surface area contributed by atoms with Crippen LogP contribution in [0.4, 0.5) is 5.69 Å². The lowest BCUT2D eigenvalue weighted by Gasteiger charge is -2.08. The minimum Gasteiger partial charge on any atom is -0.478 e. The number of carboxylic acid groups (broad SMARTS) is 1. The summed E-state index contributed by atoms with van der Waals surface area (Å²) in [6.45, 7) is 6.01. The summed E-state index contributed by atoms with van der Waals surface area (Å²) < 4.78 is 32.2. The fraction of sp³-hybridized carbons (Fsp3) is 0.429. The quantitative estimate of drug-likeness (QED) is 0.476. The summed E-state index contributed by atoms with van der Waals surface area (Å²) in [7, 11) is -3.97. The number of aromatic carboxylic acids is 1. The SMILES string of the molecule is CC(C)=[N+](CCCS(=O)(=O)O)c1ccc(C(=O)O)cc1C. The fourth-order valence-corrected chi connectivity index (χ4v) is 2.58. The highest BCUT2D eigenvalue weighted by molar-refractivity contribution is 7.85. The molecular weight excluding hydrogens is 294 g/mol. The van der Waals surface area contributed by atoms with Gasteiger partial charge in [0.05, 0.1) is 11.3 Å².